The van der Waals surface area contributed by atoms with E-state index in [0.717, 1.165) is 0 Å². The number of hydrogen-bond acceptors (Lipinski definition) is 8. The molecule has 1 aliphatic heterocycles. The molecule has 3 aromatic rings. The first-order valence-electron chi connectivity index (χ1n) is 8.43. The number of benzene rings is 1. The molecule has 1 aliphatic rings. The zero-order valence-electron chi connectivity index (χ0n) is 14.3. The number of aliphatic hydroxyl groups excluding tert-OH is 2. The van der Waals surface area contributed by atoms with Crippen LogP contribution in [0.15, 0.2) is 35.3 Å². The number of nitrogens with zero attached hydrogens (tertiary/aromatic N) is 4. The van der Waals surface area contributed by atoms with E-state index in [2.05, 4.69) is 9.97 Å². The number of hydrogen-bond donors (Lipinski definition) is 4. The molecule has 5 N–H and O–H groups in total. The molecule has 4 rings (SSSR count). The lowest BCUT2D eigenvalue weighted by atomic mass is 10.2. The van der Waals surface area contributed by atoms with Crippen molar-refractivity contribution in [1.29, 1.82) is 0 Å². The fraction of sp³-hybridized carbons (Fsp3) is 0.353. The van der Waals surface area contributed by atoms with Gasteiger partial charge in [0, 0.05) is 6.42 Å². The van der Waals surface area contributed by atoms with Gasteiger partial charge in [-0.1, -0.05) is 12.1 Å². The Hall–Kier alpha value is -2.95. The fourth-order valence-electron chi connectivity index (χ4n) is 3.37. The van der Waals surface area contributed by atoms with Gasteiger partial charge < -0.3 is 25.8 Å². The number of phenols is 1. The Morgan fingerprint density at radius 2 is 2.19 bits per heavy atom. The monoisotopic (exact) mass is 373 g/mol. The van der Waals surface area contributed by atoms with E-state index in [1.54, 1.807) is 18.2 Å². The summed E-state index contributed by atoms with van der Waals surface area (Å²) < 4.78 is 8.28. The molecular formula is C17H19N5O5. The number of phenolic OH excluding ortho intramolecular Hbond substituents is 1. The Balaban J connectivity index is 1.86. The lowest BCUT2D eigenvalue weighted by Gasteiger charge is -2.15. The highest BCUT2D eigenvalue weighted by atomic mass is 16.5. The average molecular weight is 373 g/mol. The van der Waals surface area contributed by atoms with Crippen molar-refractivity contribution in [3.63, 3.8) is 0 Å². The standard InChI is InChI=1S/C17H19N5O5/c18-16-19-6-12-14(20-16)22(15-13(25)5-11(8-23)27-15)17(26)21(12)7-9-2-1-3-10(24)4-9/h1-4,6,11,13,15,23-25H,5,7-8H2,(H2,18,19,20)/t11-,13+,15+/m0/s1. The Bertz CT molecular complexity index is 1050. The molecule has 3 heterocycles. The van der Waals surface area contributed by atoms with Crippen LogP contribution in [-0.4, -0.2) is 53.2 Å². The zero-order valence-corrected chi connectivity index (χ0v) is 14.3. The molecular weight excluding hydrogens is 354 g/mol. The van der Waals surface area contributed by atoms with Gasteiger partial charge in [0.1, 0.15) is 17.4 Å². The molecule has 10 nitrogen and oxygen atoms in total. The van der Waals surface area contributed by atoms with Crippen molar-refractivity contribution in [2.45, 2.75) is 31.4 Å². The van der Waals surface area contributed by atoms with E-state index in [1.165, 1.54) is 21.4 Å². The molecule has 142 valence electrons. The molecule has 1 saturated heterocycles. The van der Waals surface area contributed by atoms with Gasteiger partial charge in [0.05, 0.1) is 25.5 Å². The van der Waals surface area contributed by atoms with E-state index in [9.17, 15) is 20.1 Å². The first kappa shape index (κ1) is 17.5. The third-order valence-corrected chi connectivity index (χ3v) is 4.60. The third-order valence-electron chi connectivity index (χ3n) is 4.60. The van der Waals surface area contributed by atoms with Crippen LogP contribution in [0.1, 0.15) is 18.2 Å². The van der Waals surface area contributed by atoms with Gasteiger partial charge in [-0.2, -0.15) is 4.98 Å². The number of fused-ring (bicyclic) bond motifs is 1. The summed E-state index contributed by atoms with van der Waals surface area (Å²) in [5.74, 6) is 0.0714. The molecule has 0 aliphatic carbocycles. The van der Waals surface area contributed by atoms with E-state index in [-0.39, 0.29) is 36.9 Å². The summed E-state index contributed by atoms with van der Waals surface area (Å²) >= 11 is 0. The maximum atomic E-state index is 13.1. The second-order valence-corrected chi connectivity index (χ2v) is 6.48. The average Bonchev–Trinajstić information content (AvgIpc) is 3.12. The summed E-state index contributed by atoms with van der Waals surface area (Å²) in [7, 11) is 0. The molecule has 0 spiro atoms. The van der Waals surface area contributed by atoms with Gasteiger partial charge in [-0.3, -0.25) is 4.57 Å². The van der Waals surface area contributed by atoms with Crippen LogP contribution in [0.3, 0.4) is 0 Å². The van der Waals surface area contributed by atoms with Crippen molar-refractivity contribution in [2.24, 2.45) is 0 Å². The first-order chi connectivity index (χ1) is 13.0. The Morgan fingerprint density at radius 1 is 1.37 bits per heavy atom. The van der Waals surface area contributed by atoms with Crippen molar-refractivity contribution in [2.75, 3.05) is 12.3 Å². The molecule has 0 radical (unpaired) electrons. The lowest BCUT2D eigenvalue weighted by Crippen LogP contribution is -2.32. The van der Waals surface area contributed by atoms with Gasteiger partial charge in [0.15, 0.2) is 11.9 Å². The number of nitrogens with two attached hydrogens (primary N) is 1. The topological polar surface area (TPSA) is 149 Å². The van der Waals surface area contributed by atoms with E-state index in [1.807, 2.05) is 0 Å². The van der Waals surface area contributed by atoms with Gasteiger partial charge in [0.25, 0.3) is 0 Å². The summed E-state index contributed by atoms with van der Waals surface area (Å²) in [6, 6.07) is 6.54. The maximum absolute atomic E-state index is 13.1. The molecule has 0 saturated carbocycles. The van der Waals surface area contributed by atoms with E-state index in [4.69, 9.17) is 10.5 Å². The summed E-state index contributed by atoms with van der Waals surface area (Å²) in [4.78, 5) is 21.2. The minimum absolute atomic E-state index is 0.0167. The van der Waals surface area contributed by atoms with Crippen LogP contribution in [0.2, 0.25) is 0 Å². The maximum Gasteiger partial charge on any atom is 0.332 e. The highest BCUT2D eigenvalue weighted by Crippen LogP contribution is 2.30. The molecule has 0 amide bonds. The predicted octanol–water partition coefficient (Wildman–Crippen LogP) is -0.430. The Labute approximate surface area is 153 Å². The minimum atomic E-state index is -0.989. The molecule has 1 aromatic carbocycles. The molecule has 2 aromatic heterocycles. The fourth-order valence-corrected chi connectivity index (χ4v) is 3.37. The molecule has 3 atom stereocenters. The number of aromatic nitrogens is 4. The van der Waals surface area contributed by atoms with Gasteiger partial charge in [-0.25, -0.2) is 14.3 Å². The molecule has 1 fully saturated rings. The SMILES string of the molecule is Nc1ncc2c(n1)n([C@@H]1O[C@H](CO)C[C@H]1O)c(=O)n2Cc1cccc(O)c1. The summed E-state index contributed by atoms with van der Waals surface area (Å²) in [5, 5.41) is 29.3. The van der Waals surface area contributed by atoms with Crippen LogP contribution in [0.5, 0.6) is 5.75 Å². The molecule has 27 heavy (non-hydrogen) atoms. The number of imidazole rings is 1. The molecule has 0 bridgehead atoms. The number of nitrogen functional groups attached to an aromatic ring is 1. The van der Waals surface area contributed by atoms with E-state index >= 15 is 0 Å². The smallest absolute Gasteiger partial charge is 0.332 e. The lowest BCUT2D eigenvalue weighted by molar-refractivity contribution is -0.0505. The van der Waals surface area contributed by atoms with E-state index < -0.39 is 24.1 Å². The van der Waals surface area contributed by atoms with Crippen LogP contribution in [0.4, 0.5) is 5.95 Å². The van der Waals surface area contributed by atoms with Crippen LogP contribution in [0, 0.1) is 0 Å². The van der Waals surface area contributed by atoms with Gasteiger partial charge in [-0.15, -0.1) is 0 Å². The highest BCUT2D eigenvalue weighted by molar-refractivity contribution is 5.72. The third kappa shape index (κ3) is 3.03. The first-order valence-corrected chi connectivity index (χ1v) is 8.43. The minimum Gasteiger partial charge on any atom is -0.508 e. The van der Waals surface area contributed by atoms with E-state index in [0.29, 0.717) is 11.1 Å². The van der Waals surface area contributed by atoms with Crippen molar-refractivity contribution in [3.8, 4) is 5.75 Å². The summed E-state index contributed by atoms with van der Waals surface area (Å²) in [6.07, 6.45) is -0.898. The summed E-state index contributed by atoms with van der Waals surface area (Å²) in [5.41, 5.74) is 6.58. The summed E-state index contributed by atoms with van der Waals surface area (Å²) in [6.45, 7) is -0.0996. The largest absolute Gasteiger partial charge is 0.508 e. The quantitative estimate of drug-likeness (QED) is 0.481. The molecule has 10 heteroatoms. The van der Waals surface area contributed by atoms with Gasteiger partial charge in [-0.05, 0) is 17.7 Å². The second kappa shape index (κ2) is 6.65. The number of anilines is 1. The van der Waals surface area contributed by atoms with Crippen molar-refractivity contribution < 1.29 is 20.1 Å². The number of ether oxygens (including phenoxy) is 1. The number of aliphatic hydroxyl groups is 2. The number of aromatic hydroxyl groups is 1. The van der Waals surface area contributed by atoms with Crippen molar-refractivity contribution >= 4 is 17.1 Å². The van der Waals surface area contributed by atoms with Crippen LogP contribution < -0.4 is 11.4 Å². The predicted molar refractivity (Wildman–Crippen MR) is 95.0 cm³/mol. The Kier molecular flexibility index (Phi) is 4.30. The van der Waals surface area contributed by atoms with Crippen LogP contribution in [-0.2, 0) is 11.3 Å². The number of rotatable bonds is 4. The second-order valence-electron chi connectivity index (χ2n) is 6.48. The zero-order chi connectivity index (χ0) is 19.1. The Morgan fingerprint density at radius 3 is 2.89 bits per heavy atom. The van der Waals surface area contributed by atoms with Gasteiger partial charge in [0.2, 0.25) is 5.95 Å². The highest BCUT2D eigenvalue weighted by Gasteiger charge is 2.37. The van der Waals surface area contributed by atoms with Crippen molar-refractivity contribution in [1.82, 2.24) is 19.1 Å². The normalized spacial score (nSPS) is 22.5. The van der Waals surface area contributed by atoms with Crippen LogP contribution in [0.25, 0.3) is 11.2 Å². The van der Waals surface area contributed by atoms with Gasteiger partial charge >= 0.3 is 5.69 Å². The van der Waals surface area contributed by atoms with Crippen LogP contribution >= 0.6 is 0 Å². The molecule has 0 unspecified atom stereocenters. The van der Waals surface area contributed by atoms with Crippen molar-refractivity contribution in [3.05, 3.63) is 46.5 Å².